The first kappa shape index (κ1) is 13.3. The number of hydrogen-bond acceptors (Lipinski definition) is 6. The van der Waals surface area contributed by atoms with Crippen molar-refractivity contribution in [2.75, 3.05) is 14.2 Å². The lowest BCUT2D eigenvalue weighted by Gasteiger charge is -2.18. The molecule has 0 saturated carbocycles. The van der Waals surface area contributed by atoms with Crippen LogP contribution in [0.5, 0.6) is 11.5 Å². The molecule has 19 heavy (non-hydrogen) atoms. The molecule has 6 nitrogen and oxygen atoms in total. The van der Waals surface area contributed by atoms with Gasteiger partial charge in [-0.25, -0.2) is 15.4 Å². The van der Waals surface area contributed by atoms with Crippen LogP contribution in [0.15, 0.2) is 36.7 Å². The summed E-state index contributed by atoms with van der Waals surface area (Å²) in [5.74, 6) is 7.60. The van der Waals surface area contributed by atoms with E-state index in [2.05, 4.69) is 15.4 Å². The Bertz CT molecular complexity index is 533. The second kappa shape index (κ2) is 6.12. The van der Waals surface area contributed by atoms with Crippen molar-refractivity contribution in [1.29, 1.82) is 0 Å². The van der Waals surface area contributed by atoms with Crippen LogP contribution < -0.4 is 20.7 Å². The van der Waals surface area contributed by atoms with Gasteiger partial charge in [-0.2, -0.15) is 0 Å². The van der Waals surface area contributed by atoms with Gasteiger partial charge in [0.1, 0.15) is 17.5 Å². The molecule has 0 radical (unpaired) electrons. The van der Waals surface area contributed by atoms with Crippen LogP contribution in [-0.2, 0) is 0 Å². The Balaban J connectivity index is 2.48. The van der Waals surface area contributed by atoms with E-state index in [4.69, 9.17) is 15.3 Å². The highest BCUT2D eigenvalue weighted by atomic mass is 16.5. The van der Waals surface area contributed by atoms with Crippen molar-refractivity contribution in [2.45, 2.75) is 6.04 Å². The summed E-state index contributed by atoms with van der Waals surface area (Å²) in [5.41, 5.74) is 3.52. The second-order valence-corrected chi connectivity index (χ2v) is 3.81. The third kappa shape index (κ3) is 2.81. The normalized spacial score (nSPS) is 11.9. The molecule has 2 rings (SSSR count). The summed E-state index contributed by atoms with van der Waals surface area (Å²) in [7, 11) is 3.21. The number of hydrogen-bond donors (Lipinski definition) is 2. The van der Waals surface area contributed by atoms with E-state index in [9.17, 15) is 0 Å². The lowest BCUT2D eigenvalue weighted by atomic mass is 10.0. The maximum absolute atomic E-state index is 5.63. The Morgan fingerprint density at radius 3 is 2.47 bits per heavy atom. The Kier molecular flexibility index (Phi) is 4.27. The highest BCUT2D eigenvalue weighted by molar-refractivity contribution is 5.44. The predicted octanol–water partition coefficient (Wildman–Crippen LogP) is 1.05. The largest absolute Gasteiger partial charge is 0.497 e. The summed E-state index contributed by atoms with van der Waals surface area (Å²) in [6.07, 6.45) is 3.33. The molecule has 0 bridgehead atoms. The van der Waals surface area contributed by atoms with Gasteiger partial charge in [0.05, 0.1) is 14.2 Å². The molecule has 0 aliphatic carbocycles. The third-order valence-electron chi connectivity index (χ3n) is 2.76. The van der Waals surface area contributed by atoms with Crippen molar-refractivity contribution >= 4 is 0 Å². The Hall–Kier alpha value is -2.18. The van der Waals surface area contributed by atoms with Gasteiger partial charge in [-0.15, -0.1) is 0 Å². The van der Waals surface area contributed by atoms with Gasteiger partial charge in [-0.1, -0.05) is 0 Å². The highest BCUT2D eigenvalue weighted by Crippen LogP contribution is 2.31. The average molecular weight is 260 g/mol. The maximum atomic E-state index is 5.63. The number of benzene rings is 1. The van der Waals surface area contributed by atoms with Gasteiger partial charge in [-0.05, 0) is 24.3 Å². The molecule has 3 N–H and O–H groups in total. The van der Waals surface area contributed by atoms with Crippen molar-refractivity contribution in [2.24, 2.45) is 5.84 Å². The number of nitrogens with zero attached hydrogens (tertiary/aromatic N) is 2. The Morgan fingerprint density at radius 2 is 1.89 bits per heavy atom. The number of methoxy groups -OCH3 is 2. The van der Waals surface area contributed by atoms with Crippen LogP contribution in [0.25, 0.3) is 0 Å². The minimum absolute atomic E-state index is 0.369. The van der Waals surface area contributed by atoms with Crippen molar-refractivity contribution in [3.05, 3.63) is 48.0 Å². The monoisotopic (exact) mass is 260 g/mol. The first-order chi connectivity index (χ1) is 9.30. The molecule has 0 aliphatic rings. The number of aromatic nitrogens is 2. The maximum Gasteiger partial charge on any atom is 0.151 e. The van der Waals surface area contributed by atoms with Crippen molar-refractivity contribution in [3.8, 4) is 11.5 Å². The molecule has 100 valence electrons. The van der Waals surface area contributed by atoms with Crippen LogP contribution in [-0.4, -0.2) is 24.2 Å². The third-order valence-corrected chi connectivity index (χ3v) is 2.76. The zero-order valence-corrected chi connectivity index (χ0v) is 10.8. The van der Waals surface area contributed by atoms with Gasteiger partial charge in [-0.3, -0.25) is 5.84 Å². The van der Waals surface area contributed by atoms with E-state index < -0.39 is 0 Å². The van der Waals surface area contributed by atoms with Gasteiger partial charge in [0.15, 0.2) is 5.82 Å². The molecule has 6 heteroatoms. The molecule has 0 aliphatic heterocycles. The molecule has 2 aromatic rings. The average Bonchev–Trinajstić information content (AvgIpc) is 2.49. The predicted molar refractivity (Wildman–Crippen MR) is 70.7 cm³/mol. The van der Waals surface area contributed by atoms with Crippen LogP contribution in [0.2, 0.25) is 0 Å². The highest BCUT2D eigenvalue weighted by Gasteiger charge is 2.20. The summed E-state index contributed by atoms with van der Waals surface area (Å²) < 4.78 is 10.6. The zero-order valence-electron chi connectivity index (χ0n) is 10.8. The van der Waals surface area contributed by atoms with Crippen molar-refractivity contribution in [1.82, 2.24) is 15.4 Å². The molecule has 1 aromatic carbocycles. The smallest absolute Gasteiger partial charge is 0.151 e. The van der Waals surface area contributed by atoms with E-state index in [-0.39, 0.29) is 6.04 Å². The number of nitrogens with two attached hydrogens (primary N) is 1. The molecule has 1 atom stereocenters. The molecule has 0 amide bonds. The number of rotatable bonds is 5. The zero-order chi connectivity index (χ0) is 13.7. The summed E-state index contributed by atoms with van der Waals surface area (Å²) in [6.45, 7) is 0. The number of ether oxygens (including phenoxy) is 2. The van der Waals surface area contributed by atoms with Crippen LogP contribution in [0.3, 0.4) is 0 Å². The van der Waals surface area contributed by atoms with Gasteiger partial charge in [0.25, 0.3) is 0 Å². The van der Waals surface area contributed by atoms with E-state index >= 15 is 0 Å². The molecule has 1 unspecified atom stereocenters. The fourth-order valence-electron chi connectivity index (χ4n) is 1.83. The standard InChI is InChI=1S/C13H16N4O2/c1-18-9-4-5-11(19-2)10(8-9)12(17-14)13-15-6-3-7-16-13/h3-8,12,17H,14H2,1-2H3. The summed E-state index contributed by atoms with van der Waals surface area (Å²) in [4.78, 5) is 8.41. The summed E-state index contributed by atoms with van der Waals surface area (Å²) in [6, 6.07) is 6.87. The molecule has 0 fully saturated rings. The molecular weight excluding hydrogens is 244 g/mol. The van der Waals surface area contributed by atoms with E-state index in [0.717, 1.165) is 5.56 Å². The number of hydrazine groups is 1. The lowest BCUT2D eigenvalue weighted by Crippen LogP contribution is -2.30. The van der Waals surface area contributed by atoms with Crippen LogP contribution >= 0.6 is 0 Å². The first-order valence-corrected chi connectivity index (χ1v) is 5.75. The van der Waals surface area contributed by atoms with Gasteiger partial charge >= 0.3 is 0 Å². The second-order valence-electron chi connectivity index (χ2n) is 3.81. The van der Waals surface area contributed by atoms with Crippen LogP contribution in [0, 0.1) is 0 Å². The van der Waals surface area contributed by atoms with Crippen molar-refractivity contribution < 1.29 is 9.47 Å². The Labute approximate surface area is 111 Å². The molecular formula is C13H16N4O2. The molecule has 0 saturated heterocycles. The fraction of sp³-hybridized carbons (Fsp3) is 0.231. The van der Waals surface area contributed by atoms with E-state index in [0.29, 0.717) is 17.3 Å². The van der Waals surface area contributed by atoms with Gasteiger partial charge in [0, 0.05) is 18.0 Å². The minimum Gasteiger partial charge on any atom is -0.497 e. The summed E-state index contributed by atoms with van der Waals surface area (Å²) >= 11 is 0. The van der Waals surface area contributed by atoms with E-state index in [1.165, 1.54) is 0 Å². The number of nitrogens with one attached hydrogen (secondary N) is 1. The van der Waals surface area contributed by atoms with E-state index in [1.807, 2.05) is 18.2 Å². The Morgan fingerprint density at radius 1 is 1.16 bits per heavy atom. The van der Waals surface area contributed by atoms with Crippen LogP contribution in [0.1, 0.15) is 17.4 Å². The molecule has 1 heterocycles. The minimum atomic E-state index is -0.369. The quantitative estimate of drug-likeness (QED) is 0.617. The molecule has 1 aromatic heterocycles. The molecule has 0 spiro atoms. The fourth-order valence-corrected chi connectivity index (χ4v) is 1.83. The summed E-state index contributed by atoms with van der Waals surface area (Å²) in [5, 5.41) is 0. The van der Waals surface area contributed by atoms with E-state index in [1.54, 1.807) is 32.7 Å². The van der Waals surface area contributed by atoms with Crippen molar-refractivity contribution in [3.63, 3.8) is 0 Å². The topological polar surface area (TPSA) is 82.3 Å². The first-order valence-electron chi connectivity index (χ1n) is 5.75. The van der Waals surface area contributed by atoms with Gasteiger partial charge in [0.2, 0.25) is 0 Å². The lowest BCUT2D eigenvalue weighted by molar-refractivity contribution is 0.393. The van der Waals surface area contributed by atoms with Crippen LogP contribution in [0.4, 0.5) is 0 Å². The van der Waals surface area contributed by atoms with Gasteiger partial charge < -0.3 is 9.47 Å². The SMILES string of the molecule is COc1ccc(OC)c(C(NN)c2ncccn2)c1.